The number of hydrogen-bond donors (Lipinski definition) is 2. The van der Waals surface area contributed by atoms with Crippen molar-refractivity contribution in [3.8, 4) is 11.5 Å². The van der Waals surface area contributed by atoms with Gasteiger partial charge in [0, 0.05) is 37.3 Å². The third-order valence-electron chi connectivity index (χ3n) is 3.58. The number of ether oxygens (including phenoxy) is 2. The summed E-state index contributed by atoms with van der Waals surface area (Å²) < 4.78 is 10.6. The highest BCUT2D eigenvalue weighted by Gasteiger charge is 2.05. The van der Waals surface area contributed by atoms with Gasteiger partial charge in [-0.3, -0.25) is 4.79 Å². The molecule has 1 amide bonds. The molecular formula is C18H22N2O3. The summed E-state index contributed by atoms with van der Waals surface area (Å²) >= 11 is 0. The number of nitrogens with one attached hydrogen (secondary N) is 2. The summed E-state index contributed by atoms with van der Waals surface area (Å²) in [6.45, 7) is 1.40. The first-order chi connectivity index (χ1) is 11.2. The predicted molar refractivity (Wildman–Crippen MR) is 89.9 cm³/mol. The summed E-state index contributed by atoms with van der Waals surface area (Å²) in [5.74, 6) is 1.50. The van der Waals surface area contributed by atoms with Crippen molar-refractivity contribution in [2.24, 2.45) is 0 Å². The molecule has 0 radical (unpaired) electrons. The van der Waals surface area contributed by atoms with Gasteiger partial charge in [0.2, 0.25) is 0 Å². The molecule has 0 spiro atoms. The average Bonchev–Trinajstić information content (AvgIpc) is 2.61. The van der Waals surface area contributed by atoms with Crippen LogP contribution in [0.4, 0.5) is 0 Å². The van der Waals surface area contributed by atoms with E-state index in [0.717, 1.165) is 22.6 Å². The third-order valence-corrected chi connectivity index (χ3v) is 3.58. The van der Waals surface area contributed by atoms with Gasteiger partial charge in [0.25, 0.3) is 5.91 Å². The van der Waals surface area contributed by atoms with Gasteiger partial charge in [0.15, 0.2) is 0 Å². The minimum atomic E-state index is -0.0764. The molecule has 2 aromatic carbocycles. The Labute approximate surface area is 136 Å². The zero-order valence-electron chi connectivity index (χ0n) is 13.7. The molecular weight excluding hydrogens is 292 g/mol. The van der Waals surface area contributed by atoms with E-state index in [0.29, 0.717) is 18.7 Å². The maximum absolute atomic E-state index is 11.5. The Hall–Kier alpha value is -2.53. The van der Waals surface area contributed by atoms with Gasteiger partial charge in [-0.1, -0.05) is 18.2 Å². The molecule has 5 heteroatoms. The molecule has 23 heavy (non-hydrogen) atoms. The van der Waals surface area contributed by atoms with Crippen LogP contribution in [0.25, 0.3) is 0 Å². The van der Waals surface area contributed by atoms with Crippen LogP contribution in [-0.4, -0.2) is 27.2 Å². The van der Waals surface area contributed by atoms with Crippen molar-refractivity contribution in [3.63, 3.8) is 0 Å². The summed E-state index contributed by atoms with van der Waals surface area (Å²) in [5, 5.41) is 5.98. The highest BCUT2D eigenvalue weighted by Crippen LogP contribution is 2.24. The highest BCUT2D eigenvalue weighted by molar-refractivity contribution is 5.93. The summed E-state index contributed by atoms with van der Waals surface area (Å²) in [5.41, 5.74) is 2.84. The van der Waals surface area contributed by atoms with Gasteiger partial charge in [-0.05, 0) is 23.8 Å². The lowest BCUT2D eigenvalue weighted by molar-refractivity contribution is 0.0963. The fraction of sp³-hybridized carbons (Fsp3) is 0.278. The van der Waals surface area contributed by atoms with Crippen LogP contribution in [0, 0.1) is 0 Å². The predicted octanol–water partition coefficient (Wildman–Crippen LogP) is 2.35. The van der Waals surface area contributed by atoms with E-state index < -0.39 is 0 Å². The van der Waals surface area contributed by atoms with Gasteiger partial charge in [-0.15, -0.1) is 0 Å². The van der Waals surface area contributed by atoms with Crippen LogP contribution in [0.3, 0.4) is 0 Å². The Bertz CT molecular complexity index is 654. The monoisotopic (exact) mass is 314 g/mol. The largest absolute Gasteiger partial charge is 0.497 e. The molecule has 2 aromatic rings. The van der Waals surface area contributed by atoms with Crippen LogP contribution >= 0.6 is 0 Å². The molecule has 0 aromatic heterocycles. The average molecular weight is 314 g/mol. The standard InChI is InChI=1S/C18H22N2O3/c1-19-18(21)14-6-4-13(5-7-14)11-20-12-15-8-9-16(22-2)10-17(15)23-3/h4-10,20H,11-12H2,1-3H3,(H,19,21). The van der Waals surface area contributed by atoms with Crippen LogP contribution < -0.4 is 20.1 Å². The molecule has 5 nitrogen and oxygen atoms in total. The summed E-state index contributed by atoms with van der Waals surface area (Å²) in [6.07, 6.45) is 0. The first kappa shape index (κ1) is 16.8. The van der Waals surface area contributed by atoms with Crippen LogP contribution in [0.15, 0.2) is 42.5 Å². The number of hydrogen-bond acceptors (Lipinski definition) is 4. The van der Waals surface area contributed by atoms with Crippen molar-refractivity contribution in [2.45, 2.75) is 13.1 Å². The maximum atomic E-state index is 11.5. The van der Waals surface area contributed by atoms with Gasteiger partial charge in [-0.25, -0.2) is 0 Å². The smallest absolute Gasteiger partial charge is 0.251 e. The molecule has 0 aliphatic heterocycles. The molecule has 2 N–H and O–H groups in total. The van der Waals surface area contributed by atoms with Crippen molar-refractivity contribution >= 4 is 5.91 Å². The van der Waals surface area contributed by atoms with Gasteiger partial charge in [0.1, 0.15) is 11.5 Å². The Morgan fingerprint density at radius 2 is 1.74 bits per heavy atom. The normalized spacial score (nSPS) is 10.2. The van der Waals surface area contributed by atoms with E-state index in [2.05, 4.69) is 10.6 Å². The first-order valence-electron chi connectivity index (χ1n) is 7.40. The van der Waals surface area contributed by atoms with E-state index in [9.17, 15) is 4.79 Å². The first-order valence-corrected chi connectivity index (χ1v) is 7.40. The van der Waals surface area contributed by atoms with Crippen molar-refractivity contribution < 1.29 is 14.3 Å². The second-order valence-corrected chi connectivity index (χ2v) is 5.06. The van der Waals surface area contributed by atoms with Crippen LogP contribution in [-0.2, 0) is 13.1 Å². The van der Waals surface area contributed by atoms with Crippen molar-refractivity contribution in [1.82, 2.24) is 10.6 Å². The number of benzene rings is 2. The van der Waals surface area contributed by atoms with Gasteiger partial charge in [0.05, 0.1) is 14.2 Å². The SMILES string of the molecule is CNC(=O)c1ccc(CNCc2ccc(OC)cc2OC)cc1. The van der Waals surface area contributed by atoms with Crippen molar-refractivity contribution in [2.75, 3.05) is 21.3 Å². The molecule has 0 saturated heterocycles. The molecule has 0 heterocycles. The molecule has 0 aliphatic rings. The Kier molecular flexibility index (Phi) is 6.00. The zero-order valence-corrected chi connectivity index (χ0v) is 13.7. The quantitative estimate of drug-likeness (QED) is 0.823. The minimum absolute atomic E-state index is 0.0764. The van der Waals surface area contributed by atoms with E-state index in [4.69, 9.17) is 9.47 Å². The fourth-order valence-corrected chi connectivity index (χ4v) is 2.26. The zero-order chi connectivity index (χ0) is 16.7. The molecule has 0 bridgehead atoms. The minimum Gasteiger partial charge on any atom is -0.497 e. The summed E-state index contributed by atoms with van der Waals surface area (Å²) in [6, 6.07) is 13.3. The molecule has 0 unspecified atom stereocenters. The molecule has 0 atom stereocenters. The van der Waals surface area contributed by atoms with E-state index in [1.807, 2.05) is 42.5 Å². The van der Waals surface area contributed by atoms with Gasteiger partial charge >= 0.3 is 0 Å². The van der Waals surface area contributed by atoms with Crippen LogP contribution in [0.2, 0.25) is 0 Å². The maximum Gasteiger partial charge on any atom is 0.251 e. The van der Waals surface area contributed by atoms with Crippen molar-refractivity contribution in [3.05, 3.63) is 59.2 Å². The van der Waals surface area contributed by atoms with Crippen molar-refractivity contribution in [1.29, 1.82) is 0 Å². The topological polar surface area (TPSA) is 59.6 Å². The Morgan fingerprint density at radius 1 is 1.00 bits per heavy atom. The molecule has 0 aliphatic carbocycles. The summed E-state index contributed by atoms with van der Waals surface area (Å²) in [4.78, 5) is 11.5. The number of rotatable bonds is 7. The molecule has 0 saturated carbocycles. The lowest BCUT2D eigenvalue weighted by Crippen LogP contribution is -2.18. The fourth-order valence-electron chi connectivity index (χ4n) is 2.26. The molecule has 0 fully saturated rings. The third kappa shape index (κ3) is 4.47. The van der Waals surface area contributed by atoms with Crippen LogP contribution in [0.5, 0.6) is 11.5 Å². The molecule has 122 valence electrons. The van der Waals surface area contributed by atoms with E-state index >= 15 is 0 Å². The highest BCUT2D eigenvalue weighted by atomic mass is 16.5. The lowest BCUT2D eigenvalue weighted by Gasteiger charge is -2.11. The van der Waals surface area contributed by atoms with E-state index in [1.54, 1.807) is 21.3 Å². The van der Waals surface area contributed by atoms with Gasteiger partial charge < -0.3 is 20.1 Å². The number of carbonyl (C=O) groups excluding carboxylic acids is 1. The summed E-state index contributed by atoms with van der Waals surface area (Å²) in [7, 11) is 4.91. The molecule has 2 rings (SSSR count). The number of methoxy groups -OCH3 is 2. The Balaban J connectivity index is 1.93. The van der Waals surface area contributed by atoms with Crippen LogP contribution in [0.1, 0.15) is 21.5 Å². The number of carbonyl (C=O) groups is 1. The lowest BCUT2D eigenvalue weighted by atomic mass is 10.1. The second-order valence-electron chi connectivity index (χ2n) is 5.06. The Morgan fingerprint density at radius 3 is 2.35 bits per heavy atom. The van der Waals surface area contributed by atoms with E-state index in [-0.39, 0.29) is 5.91 Å². The second kappa shape index (κ2) is 8.19. The number of amides is 1. The van der Waals surface area contributed by atoms with E-state index in [1.165, 1.54) is 0 Å². The van der Waals surface area contributed by atoms with Gasteiger partial charge in [-0.2, -0.15) is 0 Å².